The largest absolute Gasteiger partial charge is 0.492 e. The van der Waals surface area contributed by atoms with E-state index in [2.05, 4.69) is 31.0 Å². The predicted octanol–water partition coefficient (Wildman–Crippen LogP) is 2.16. The Morgan fingerprint density at radius 2 is 2.38 bits per heavy atom. The Morgan fingerprint density at radius 1 is 1.69 bits per heavy atom. The summed E-state index contributed by atoms with van der Waals surface area (Å²) in [7, 11) is 1.30. The zero-order valence-electron chi connectivity index (χ0n) is 9.08. The molecular formula is C10H13BrN2O3. The van der Waals surface area contributed by atoms with Gasteiger partial charge < -0.3 is 15.2 Å². The summed E-state index contributed by atoms with van der Waals surface area (Å²) in [5.74, 6) is -0.326. The van der Waals surface area contributed by atoms with Crippen LogP contribution in [0.2, 0.25) is 0 Å². The van der Waals surface area contributed by atoms with Gasteiger partial charge in [-0.25, -0.2) is 4.79 Å². The highest BCUT2D eigenvalue weighted by Gasteiger charge is 2.16. The lowest BCUT2D eigenvalue weighted by atomic mass is 10.2. The van der Waals surface area contributed by atoms with Crippen LogP contribution in [0, 0.1) is 0 Å². The number of nitrogens with one attached hydrogen (secondary N) is 1. The van der Waals surface area contributed by atoms with Crippen LogP contribution in [0.5, 0.6) is 5.88 Å². The van der Waals surface area contributed by atoms with Crippen LogP contribution in [-0.4, -0.2) is 29.7 Å². The number of rotatable bonds is 4. The van der Waals surface area contributed by atoms with Crippen LogP contribution in [0.25, 0.3) is 0 Å². The van der Waals surface area contributed by atoms with Gasteiger partial charge in [-0.1, -0.05) is 6.92 Å². The quantitative estimate of drug-likeness (QED) is 0.831. The highest BCUT2D eigenvalue weighted by Crippen LogP contribution is 2.27. The van der Waals surface area contributed by atoms with Crippen LogP contribution in [0.4, 0.5) is 5.82 Å². The Hall–Kier alpha value is -1.30. The molecule has 0 radical (unpaired) electrons. The number of ether oxygens (including phenoxy) is 1. The maximum atomic E-state index is 11.5. The molecule has 0 saturated heterocycles. The van der Waals surface area contributed by atoms with Crippen LogP contribution in [0.1, 0.15) is 23.7 Å². The van der Waals surface area contributed by atoms with E-state index in [-0.39, 0.29) is 5.88 Å². The summed E-state index contributed by atoms with van der Waals surface area (Å²) in [6.45, 7) is 2.65. The number of esters is 1. The van der Waals surface area contributed by atoms with Crippen LogP contribution in [-0.2, 0) is 4.74 Å². The van der Waals surface area contributed by atoms with E-state index in [0.29, 0.717) is 22.4 Å². The molecular weight excluding hydrogens is 276 g/mol. The minimum atomic E-state index is -0.494. The molecule has 0 fully saturated rings. The van der Waals surface area contributed by atoms with E-state index < -0.39 is 5.97 Å². The number of aromatic nitrogens is 1. The standard InChI is InChI=1S/C10H13BrN2O3/c1-3-4-12-8-6(10(15)16-2)5-7(11)9(14)13-8/h5H,3-4H2,1-2H3,(H2,12,13,14). The average molecular weight is 289 g/mol. The molecule has 1 rings (SSSR count). The number of hydrogen-bond donors (Lipinski definition) is 2. The van der Waals surface area contributed by atoms with Crippen molar-refractivity contribution in [3.8, 4) is 5.88 Å². The second kappa shape index (κ2) is 5.69. The molecule has 16 heavy (non-hydrogen) atoms. The number of methoxy groups -OCH3 is 1. The topological polar surface area (TPSA) is 71.5 Å². The zero-order valence-corrected chi connectivity index (χ0v) is 10.7. The van der Waals surface area contributed by atoms with E-state index in [0.717, 1.165) is 6.42 Å². The van der Waals surface area contributed by atoms with E-state index in [9.17, 15) is 9.90 Å². The Morgan fingerprint density at radius 3 is 2.94 bits per heavy atom. The zero-order chi connectivity index (χ0) is 12.1. The molecule has 1 aromatic heterocycles. The van der Waals surface area contributed by atoms with Gasteiger partial charge in [0.05, 0.1) is 11.6 Å². The summed E-state index contributed by atoms with van der Waals surface area (Å²) in [5, 5.41) is 12.4. The van der Waals surface area contributed by atoms with Crippen LogP contribution in [0.3, 0.4) is 0 Å². The SMILES string of the molecule is CCCNc1nc(O)c(Br)cc1C(=O)OC. The first kappa shape index (κ1) is 12.8. The molecule has 1 aromatic rings. The summed E-state index contributed by atoms with van der Waals surface area (Å²) < 4.78 is 4.99. The van der Waals surface area contributed by atoms with Crippen molar-refractivity contribution in [3.63, 3.8) is 0 Å². The van der Waals surface area contributed by atoms with Gasteiger partial charge in [0.15, 0.2) is 0 Å². The molecule has 2 N–H and O–H groups in total. The van der Waals surface area contributed by atoms with Crippen molar-refractivity contribution in [1.29, 1.82) is 0 Å². The van der Waals surface area contributed by atoms with Gasteiger partial charge in [0.25, 0.3) is 0 Å². The number of carbonyl (C=O) groups is 1. The van der Waals surface area contributed by atoms with Gasteiger partial charge in [0, 0.05) is 6.54 Å². The molecule has 0 aromatic carbocycles. The van der Waals surface area contributed by atoms with E-state index >= 15 is 0 Å². The summed E-state index contributed by atoms with van der Waals surface area (Å²) >= 11 is 3.10. The Balaban J connectivity index is 3.11. The minimum absolute atomic E-state index is 0.161. The maximum absolute atomic E-state index is 11.5. The summed E-state index contributed by atoms with van der Waals surface area (Å²) in [4.78, 5) is 15.3. The number of pyridine rings is 1. The first-order valence-corrected chi connectivity index (χ1v) is 5.61. The minimum Gasteiger partial charge on any atom is -0.492 e. The van der Waals surface area contributed by atoms with Crippen molar-refractivity contribution in [1.82, 2.24) is 4.98 Å². The molecule has 0 aliphatic heterocycles. The summed E-state index contributed by atoms with van der Waals surface area (Å²) in [6, 6.07) is 1.48. The van der Waals surface area contributed by atoms with E-state index in [1.165, 1.54) is 13.2 Å². The van der Waals surface area contributed by atoms with Gasteiger partial charge in [-0.2, -0.15) is 4.98 Å². The number of anilines is 1. The van der Waals surface area contributed by atoms with Crippen molar-refractivity contribution >= 4 is 27.7 Å². The normalized spacial score (nSPS) is 9.94. The lowest BCUT2D eigenvalue weighted by molar-refractivity contribution is 0.0601. The smallest absolute Gasteiger partial charge is 0.341 e. The monoisotopic (exact) mass is 288 g/mol. The van der Waals surface area contributed by atoms with Crippen molar-refractivity contribution in [2.45, 2.75) is 13.3 Å². The molecule has 0 amide bonds. The Labute approximate surface area is 102 Å². The van der Waals surface area contributed by atoms with Gasteiger partial charge in [-0.15, -0.1) is 0 Å². The molecule has 0 aliphatic carbocycles. The second-order valence-electron chi connectivity index (χ2n) is 3.11. The van der Waals surface area contributed by atoms with Gasteiger partial charge in [-0.05, 0) is 28.4 Å². The Kier molecular flexibility index (Phi) is 4.54. The first-order chi connectivity index (χ1) is 7.60. The average Bonchev–Trinajstić information content (AvgIpc) is 2.29. The van der Waals surface area contributed by atoms with Crippen molar-refractivity contribution in [2.24, 2.45) is 0 Å². The molecule has 0 atom stereocenters. The predicted molar refractivity (Wildman–Crippen MR) is 63.7 cm³/mol. The third-order valence-electron chi connectivity index (χ3n) is 1.91. The second-order valence-corrected chi connectivity index (χ2v) is 3.96. The molecule has 0 saturated carbocycles. The van der Waals surface area contributed by atoms with Gasteiger partial charge >= 0.3 is 5.97 Å². The lowest BCUT2D eigenvalue weighted by Crippen LogP contribution is -2.10. The van der Waals surface area contributed by atoms with Gasteiger partial charge in [0.1, 0.15) is 11.4 Å². The molecule has 1 heterocycles. The Bertz CT molecular complexity index is 396. The van der Waals surface area contributed by atoms with Crippen molar-refractivity contribution in [2.75, 3.05) is 19.0 Å². The lowest BCUT2D eigenvalue weighted by Gasteiger charge is -2.10. The van der Waals surface area contributed by atoms with Crippen molar-refractivity contribution < 1.29 is 14.6 Å². The van der Waals surface area contributed by atoms with Crippen LogP contribution >= 0.6 is 15.9 Å². The summed E-state index contributed by atoms with van der Waals surface area (Å²) in [5.41, 5.74) is 0.292. The summed E-state index contributed by atoms with van der Waals surface area (Å²) in [6.07, 6.45) is 0.888. The molecule has 0 bridgehead atoms. The highest BCUT2D eigenvalue weighted by atomic mass is 79.9. The van der Waals surface area contributed by atoms with Crippen LogP contribution < -0.4 is 5.32 Å². The fourth-order valence-corrected chi connectivity index (χ4v) is 1.44. The van der Waals surface area contributed by atoms with Gasteiger partial charge in [0.2, 0.25) is 5.88 Å². The number of nitrogens with zero attached hydrogens (tertiary/aromatic N) is 1. The fraction of sp³-hybridized carbons (Fsp3) is 0.400. The number of hydrogen-bond acceptors (Lipinski definition) is 5. The van der Waals surface area contributed by atoms with E-state index in [1.807, 2.05) is 6.92 Å². The number of aromatic hydroxyl groups is 1. The molecule has 0 aliphatic rings. The van der Waals surface area contributed by atoms with Gasteiger partial charge in [-0.3, -0.25) is 0 Å². The molecule has 88 valence electrons. The molecule has 0 spiro atoms. The number of halogens is 1. The molecule has 6 heteroatoms. The van der Waals surface area contributed by atoms with Crippen molar-refractivity contribution in [3.05, 3.63) is 16.1 Å². The fourth-order valence-electron chi connectivity index (χ4n) is 1.12. The first-order valence-electron chi connectivity index (χ1n) is 4.81. The molecule has 0 unspecified atom stereocenters. The third kappa shape index (κ3) is 2.85. The maximum Gasteiger partial charge on any atom is 0.341 e. The van der Waals surface area contributed by atoms with Crippen LogP contribution in [0.15, 0.2) is 10.5 Å². The third-order valence-corrected chi connectivity index (χ3v) is 2.49. The van der Waals surface area contributed by atoms with E-state index in [4.69, 9.17) is 0 Å². The number of carbonyl (C=O) groups excluding carboxylic acids is 1. The highest BCUT2D eigenvalue weighted by molar-refractivity contribution is 9.10. The van der Waals surface area contributed by atoms with E-state index in [1.54, 1.807) is 0 Å². The molecule has 5 nitrogen and oxygen atoms in total.